The van der Waals surface area contributed by atoms with Crippen LogP contribution in [0.4, 0.5) is 5.69 Å². The number of hydrogen-bond donors (Lipinski definition) is 1. The van der Waals surface area contributed by atoms with Crippen LogP contribution in [0.1, 0.15) is 45.4 Å². The average molecular weight is 249 g/mol. The zero-order valence-corrected chi connectivity index (χ0v) is 12.5. The van der Waals surface area contributed by atoms with Gasteiger partial charge in [0.2, 0.25) is 0 Å². The minimum absolute atomic E-state index is 0.500. The standard InChI is InChI=1S/C15H27N3/c1-6-8-18(7-2)15-9-13(5)17-11-14(15)10-16-12(3)4/h9,11-12,16H,6-8,10H2,1-5H3. The highest BCUT2D eigenvalue weighted by molar-refractivity contribution is 5.53. The molecule has 0 aromatic carbocycles. The molecule has 0 atom stereocenters. The quantitative estimate of drug-likeness (QED) is 0.804. The summed E-state index contributed by atoms with van der Waals surface area (Å²) in [4.78, 5) is 6.86. The molecule has 3 heteroatoms. The van der Waals surface area contributed by atoms with Gasteiger partial charge in [-0.1, -0.05) is 20.8 Å². The van der Waals surface area contributed by atoms with E-state index in [4.69, 9.17) is 0 Å². The van der Waals surface area contributed by atoms with Gasteiger partial charge >= 0.3 is 0 Å². The smallest absolute Gasteiger partial charge is 0.0445 e. The van der Waals surface area contributed by atoms with Crippen LogP contribution in [0.15, 0.2) is 12.3 Å². The van der Waals surface area contributed by atoms with Crippen molar-refractivity contribution in [2.75, 3.05) is 18.0 Å². The van der Waals surface area contributed by atoms with E-state index in [0.29, 0.717) is 6.04 Å². The van der Waals surface area contributed by atoms with Crippen molar-refractivity contribution >= 4 is 5.69 Å². The van der Waals surface area contributed by atoms with Crippen LogP contribution in [-0.2, 0) is 6.54 Å². The van der Waals surface area contributed by atoms with E-state index in [1.165, 1.54) is 17.7 Å². The second kappa shape index (κ2) is 7.37. The summed E-state index contributed by atoms with van der Waals surface area (Å²) in [7, 11) is 0. The molecule has 18 heavy (non-hydrogen) atoms. The Balaban J connectivity index is 2.94. The maximum Gasteiger partial charge on any atom is 0.0445 e. The molecular formula is C15H27N3. The Hall–Kier alpha value is -1.09. The predicted octanol–water partition coefficient (Wildman–Crippen LogP) is 3.12. The monoisotopic (exact) mass is 249 g/mol. The Labute approximate surface area is 112 Å². The summed E-state index contributed by atoms with van der Waals surface area (Å²) in [6.07, 6.45) is 3.19. The number of nitrogens with zero attached hydrogens (tertiary/aromatic N) is 2. The first-order valence-corrected chi connectivity index (χ1v) is 7.02. The highest BCUT2D eigenvalue weighted by atomic mass is 15.1. The molecule has 0 saturated heterocycles. The number of aromatic nitrogens is 1. The lowest BCUT2D eigenvalue weighted by molar-refractivity contribution is 0.586. The third-order valence-corrected chi connectivity index (χ3v) is 3.02. The first kappa shape index (κ1) is 15.0. The van der Waals surface area contributed by atoms with Gasteiger partial charge in [-0.15, -0.1) is 0 Å². The van der Waals surface area contributed by atoms with E-state index < -0.39 is 0 Å². The van der Waals surface area contributed by atoms with Crippen molar-refractivity contribution in [2.24, 2.45) is 0 Å². The van der Waals surface area contributed by atoms with Crippen LogP contribution in [0.5, 0.6) is 0 Å². The molecule has 3 nitrogen and oxygen atoms in total. The number of nitrogens with one attached hydrogen (secondary N) is 1. The highest BCUT2D eigenvalue weighted by Crippen LogP contribution is 2.21. The summed E-state index contributed by atoms with van der Waals surface area (Å²) in [6.45, 7) is 13.9. The lowest BCUT2D eigenvalue weighted by Gasteiger charge is -2.26. The highest BCUT2D eigenvalue weighted by Gasteiger charge is 2.10. The van der Waals surface area contributed by atoms with E-state index in [0.717, 1.165) is 25.3 Å². The first-order chi connectivity index (χ1) is 8.58. The molecule has 0 aliphatic carbocycles. The van der Waals surface area contributed by atoms with E-state index in [1.54, 1.807) is 0 Å². The van der Waals surface area contributed by atoms with Crippen LogP contribution < -0.4 is 10.2 Å². The molecule has 1 N–H and O–H groups in total. The maximum absolute atomic E-state index is 4.43. The number of pyridine rings is 1. The molecule has 0 aliphatic rings. The molecule has 1 rings (SSSR count). The van der Waals surface area contributed by atoms with Gasteiger partial charge in [0.05, 0.1) is 0 Å². The second-order valence-corrected chi connectivity index (χ2v) is 5.07. The van der Waals surface area contributed by atoms with Crippen molar-refractivity contribution < 1.29 is 0 Å². The van der Waals surface area contributed by atoms with Gasteiger partial charge in [0, 0.05) is 48.8 Å². The molecule has 102 valence electrons. The summed E-state index contributed by atoms with van der Waals surface area (Å²) in [5.74, 6) is 0. The van der Waals surface area contributed by atoms with E-state index in [2.05, 4.69) is 55.9 Å². The molecule has 0 bridgehead atoms. The van der Waals surface area contributed by atoms with Gasteiger partial charge < -0.3 is 10.2 Å². The first-order valence-electron chi connectivity index (χ1n) is 7.02. The molecule has 0 amide bonds. The Bertz CT molecular complexity index is 361. The fourth-order valence-electron chi connectivity index (χ4n) is 2.04. The van der Waals surface area contributed by atoms with Crippen LogP contribution in [-0.4, -0.2) is 24.1 Å². The van der Waals surface area contributed by atoms with Gasteiger partial charge in [0.25, 0.3) is 0 Å². The third-order valence-electron chi connectivity index (χ3n) is 3.02. The van der Waals surface area contributed by atoms with E-state index in [-0.39, 0.29) is 0 Å². The summed E-state index contributed by atoms with van der Waals surface area (Å²) in [5.41, 5.74) is 3.72. The third kappa shape index (κ3) is 4.30. The van der Waals surface area contributed by atoms with Gasteiger partial charge in [-0.05, 0) is 26.3 Å². The molecule has 0 unspecified atom stereocenters. The van der Waals surface area contributed by atoms with Gasteiger partial charge in [0.1, 0.15) is 0 Å². The SMILES string of the molecule is CCCN(CC)c1cc(C)ncc1CNC(C)C. The zero-order chi connectivity index (χ0) is 13.5. The minimum Gasteiger partial charge on any atom is -0.371 e. The van der Waals surface area contributed by atoms with Crippen LogP contribution >= 0.6 is 0 Å². The van der Waals surface area contributed by atoms with Crippen molar-refractivity contribution in [3.63, 3.8) is 0 Å². The minimum atomic E-state index is 0.500. The number of aryl methyl sites for hydroxylation is 1. The lowest BCUT2D eigenvalue weighted by Crippen LogP contribution is -2.28. The molecule has 1 aromatic rings. The summed E-state index contributed by atoms with van der Waals surface area (Å²) < 4.78 is 0. The van der Waals surface area contributed by atoms with Crippen LogP contribution in [0, 0.1) is 6.92 Å². The van der Waals surface area contributed by atoms with Gasteiger partial charge in [-0.25, -0.2) is 0 Å². The predicted molar refractivity (Wildman–Crippen MR) is 79.1 cm³/mol. The number of anilines is 1. The van der Waals surface area contributed by atoms with Gasteiger partial charge in [-0.3, -0.25) is 4.98 Å². The van der Waals surface area contributed by atoms with Crippen molar-refractivity contribution in [1.82, 2.24) is 10.3 Å². The number of hydrogen-bond acceptors (Lipinski definition) is 3. The van der Waals surface area contributed by atoms with Crippen LogP contribution in [0.3, 0.4) is 0 Å². The van der Waals surface area contributed by atoms with Crippen molar-refractivity contribution in [2.45, 2.75) is 53.6 Å². The van der Waals surface area contributed by atoms with Crippen LogP contribution in [0.2, 0.25) is 0 Å². The lowest BCUT2D eigenvalue weighted by atomic mass is 10.1. The van der Waals surface area contributed by atoms with Crippen molar-refractivity contribution in [1.29, 1.82) is 0 Å². The Morgan fingerprint density at radius 2 is 2.06 bits per heavy atom. The van der Waals surface area contributed by atoms with Crippen molar-refractivity contribution in [3.05, 3.63) is 23.5 Å². The van der Waals surface area contributed by atoms with Crippen molar-refractivity contribution in [3.8, 4) is 0 Å². The molecule has 0 radical (unpaired) electrons. The fraction of sp³-hybridized carbons (Fsp3) is 0.667. The summed E-state index contributed by atoms with van der Waals surface area (Å²) >= 11 is 0. The van der Waals surface area contributed by atoms with E-state index >= 15 is 0 Å². The Kier molecular flexibility index (Phi) is 6.13. The zero-order valence-electron chi connectivity index (χ0n) is 12.5. The molecule has 1 heterocycles. The van der Waals surface area contributed by atoms with E-state index in [9.17, 15) is 0 Å². The normalized spacial score (nSPS) is 11.0. The second-order valence-electron chi connectivity index (χ2n) is 5.07. The Morgan fingerprint density at radius 3 is 2.61 bits per heavy atom. The molecule has 0 fully saturated rings. The van der Waals surface area contributed by atoms with Crippen LogP contribution in [0.25, 0.3) is 0 Å². The molecule has 0 aliphatic heterocycles. The molecular weight excluding hydrogens is 222 g/mol. The maximum atomic E-state index is 4.43. The molecule has 0 spiro atoms. The average Bonchev–Trinajstić information content (AvgIpc) is 2.34. The van der Waals surface area contributed by atoms with E-state index in [1.807, 2.05) is 6.20 Å². The summed E-state index contributed by atoms with van der Waals surface area (Å²) in [6, 6.07) is 2.71. The fourth-order valence-corrected chi connectivity index (χ4v) is 2.04. The Morgan fingerprint density at radius 1 is 1.33 bits per heavy atom. The molecule has 0 saturated carbocycles. The summed E-state index contributed by atoms with van der Waals surface area (Å²) in [5, 5.41) is 3.48. The van der Waals surface area contributed by atoms with Gasteiger partial charge in [0.15, 0.2) is 0 Å². The largest absolute Gasteiger partial charge is 0.371 e. The topological polar surface area (TPSA) is 28.2 Å². The molecule has 1 aromatic heterocycles. The van der Waals surface area contributed by atoms with Gasteiger partial charge in [-0.2, -0.15) is 0 Å². The number of rotatable bonds is 7.